The molecule has 1 aromatic carbocycles. The van der Waals surface area contributed by atoms with Crippen molar-refractivity contribution in [2.45, 2.75) is 0 Å². The van der Waals surface area contributed by atoms with Crippen LogP contribution in [0.25, 0.3) is 0 Å². The zero-order valence-corrected chi connectivity index (χ0v) is 11.6. The summed E-state index contributed by atoms with van der Waals surface area (Å²) in [6, 6.07) is 3.71. The molecule has 6 heteroatoms. The predicted octanol–water partition coefficient (Wildman–Crippen LogP) is -0.0845. The third-order valence-electron chi connectivity index (χ3n) is 1.43. The van der Waals surface area contributed by atoms with Gasteiger partial charge in [-0.15, -0.1) is 0 Å². The first kappa shape index (κ1) is 9.40. The molecule has 0 aliphatic carbocycles. The Kier molecular flexibility index (Phi) is 2.99. The van der Waals surface area contributed by atoms with Crippen LogP contribution in [0.2, 0.25) is 0 Å². The second-order valence-corrected chi connectivity index (χ2v) is 6.42. The van der Waals surface area contributed by atoms with E-state index in [0.717, 1.165) is 0 Å². The quantitative estimate of drug-likeness (QED) is 0.441. The second-order valence-electron chi connectivity index (χ2n) is 2.23. The molecule has 0 atom stereocenters. The number of hydrogen-bond donors (Lipinski definition) is 2. The Labute approximate surface area is 80.9 Å². The van der Waals surface area contributed by atoms with Crippen LogP contribution >= 0.6 is 0 Å². The van der Waals surface area contributed by atoms with Gasteiger partial charge in [0.25, 0.3) is 0 Å². The van der Waals surface area contributed by atoms with E-state index >= 15 is 0 Å². The van der Waals surface area contributed by atoms with E-state index in [9.17, 15) is 10.1 Å². The Balaban J connectivity index is 3.20. The fraction of sp³-hybridized carbons (Fsp3) is 0. The van der Waals surface area contributed by atoms with Gasteiger partial charge in [-0.1, -0.05) is 0 Å². The van der Waals surface area contributed by atoms with Crippen molar-refractivity contribution in [3.63, 3.8) is 0 Å². The number of rotatable bonds is 2. The summed E-state index contributed by atoms with van der Waals surface area (Å²) in [6.45, 7) is 0. The topological polar surface area (TPSA) is 83.6 Å². The molecular formula is C6H5HgNO4. The Morgan fingerprint density at radius 1 is 1.50 bits per heavy atom. The molecule has 0 radical (unpaired) electrons. The molecule has 0 bridgehead atoms. The number of benzene rings is 1. The van der Waals surface area contributed by atoms with Gasteiger partial charge in [0.05, 0.1) is 0 Å². The molecule has 1 rings (SSSR count). The van der Waals surface area contributed by atoms with Gasteiger partial charge in [0, 0.05) is 0 Å². The zero-order valence-electron chi connectivity index (χ0n) is 6.10. The molecule has 0 aliphatic rings. The van der Waals surface area contributed by atoms with E-state index in [0.29, 0.717) is 3.07 Å². The first-order valence-electron chi connectivity index (χ1n) is 3.22. The number of aromatic hydroxyl groups is 1. The normalized spacial score (nSPS) is 9.08. The second kappa shape index (κ2) is 3.82. The van der Waals surface area contributed by atoms with Gasteiger partial charge in [0.15, 0.2) is 0 Å². The Morgan fingerprint density at radius 2 is 2.17 bits per heavy atom. The molecular weight excluding hydrogens is 351 g/mol. The number of hydrogen-bond acceptors (Lipinski definition) is 4. The fourth-order valence-electron chi connectivity index (χ4n) is 0.877. The van der Waals surface area contributed by atoms with Crippen molar-refractivity contribution < 1.29 is 38.1 Å². The van der Waals surface area contributed by atoms with Gasteiger partial charge >= 0.3 is 80.9 Å². The molecule has 0 spiro atoms. The molecule has 0 amide bonds. The standard InChI is InChI=1S/C6H4NO3.Hg.H2O/c8-6-3-1-5(2-4-6)7(9)10;;/h1,3-4,8H;;1H2/q;+1;/p-1. The van der Waals surface area contributed by atoms with E-state index in [4.69, 9.17) is 8.12 Å². The monoisotopic (exact) mass is 357 g/mol. The molecule has 0 heterocycles. The summed E-state index contributed by atoms with van der Waals surface area (Å²) in [5.41, 5.74) is -0.0861. The average Bonchev–Trinajstić information content (AvgIpc) is 2.03. The van der Waals surface area contributed by atoms with Crippen LogP contribution < -0.4 is 3.07 Å². The van der Waals surface area contributed by atoms with Gasteiger partial charge in [0.2, 0.25) is 0 Å². The van der Waals surface area contributed by atoms with Crippen LogP contribution in [0.5, 0.6) is 5.75 Å². The number of phenolic OH excluding ortho intramolecular Hbond substituents is 1. The van der Waals surface area contributed by atoms with Gasteiger partial charge in [-0.2, -0.15) is 0 Å². The van der Waals surface area contributed by atoms with E-state index in [1.165, 1.54) is 18.2 Å². The van der Waals surface area contributed by atoms with Gasteiger partial charge in [-0.25, -0.2) is 0 Å². The average molecular weight is 356 g/mol. The summed E-state index contributed by atoms with van der Waals surface area (Å²) in [7, 11) is 0. The van der Waals surface area contributed by atoms with Crippen LogP contribution in [-0.2, 0) is 25.0 Å². The third-order valence-corrected chi connectivity index (χ3v) is 4.96. The van der Waals surface area contributed by atoms with Crippen molar-refractivity contribution in [1.29, 1.82) is 0 Å². The minimum atomic E-state index is -2.29. The van der Waals surface area contributed by atoms with Crippen LogP contribution in [-0.4, -0.2) is 13.0 Å². The van der Waals surface area contributed by atoms with Gasteiger partial charge < -0.3 is 0 Å². The molecule has 0 fully saturated rings. The van der Waals surface area contributed by atoms with E-state index in [1.807, 2.05) is 0 Å². The molecule has 0 aromatic heterocycles. The first-order chi connectivity index (χ1) is 5.65. The van der Waals surface area contributed by atoms with Crippen molar-refractivity contribution >= 4 is 8.76 Å². The number of phenols is 1. The van der Waals surface area contributed by atoms with Gasteiger partial charge in [0.1, 0.15) is 0 Å². The molecule has 2 N–H and O–H groups in total. The van der Waals surface area contributed by atoms with Crippen molar-refractivity contribution in [2.75, 3.05) is 0 Å². The Morgan fingerprint density at radius 3 is 2.67 bits per heavy atom. The number of nitro groups is 1. The van der Waals surface area contributed by atoms with Crippen LogP contribution in [0.1, 0.15) is 0 Å². The number of nitro benzene ring substituents is 1. The third kappa shape index (κ3) is 1.92. The maximum absolute atomic E-state index is 10.3. The summed E-state index contributed by atoms with van der Waals surface area (Å²) in [5.74, 6) is -0.0374. The van der Waals surface area contributed by atoms with Gasteiger partial charge in [-0.3, -0.25) is 0 Å². The molecule has 12 heavy (non-hydrogen) atoms. The van der Waals surface area contributed by atoms with E-state index in [1.54, 1.807) is 0 Å². The first-order valence-corrected chi connectivity index (χ1v) is 8.43. The molecule has 0 aliphatic heterocycles. The van der Waals surface area contributed by atoms with Gasteiger partial charge in [-0.05, 0) is 0 Å². The van der Waals surface area contributed by atoms with Crippen molar-refractivity contribution in [1.82, 2.24) is 0 Å². The Bertz CT molecular complexity index is 314. The van der Waals surface area contributed by atoms with E-state index in [2.05, 4.69) is 0 Å². The van der Waals surface area contributed by atoms with E-state index < -0.39 is 30.0 Å². The summed E-state index contributed by atoms with van der Waals surface area (Å²) in [6.07, 6.45) is 0. The van der Waals surface area contributed by atoms with Crippen molar-refractivity contribution in [2.24, 2.45) is 0 Å². The maximum atomic E-state index is 10.3. The fourth-order valence-corrected chi connectivity index (χ4v) is 3.63. The van der Waals surface area contributed by atoms with Crippen molar-refractivity contribution in [3.8, 4) is 5.75 Å². The molecule has 1 aromatic rings. The van der Waals surface area contributed by atoms with E-state index in [-0.39, 0.29) is 11.4 Å². The molecule has 5 nitrogen and oxygen atoms in total. The summed E-state index contributed by atoms with van der Waals surface area (Å²) in [4.78, 5) is 9.79. The molecule has 0 saturated carbocycles. The van der Waals surface area contributed by atoms with Crippen molar-refractivity contribution in [3.05, 3.63) is 28.3 Å². The molecule has 60 valence electrons. The van der Waals surface area contributed by atoms with Crippen LogP contribution in [0, 0.1) is 10.1 Å². The Hall–Kier alpha value is -0.685. The summed E-state index contributed by atoms with van der Waals surface area (Å²) >= 11 is -2.29. The van der Waals surface area contributed by atoms with Crippen LogP contribution in [0.3, 0.4) is 0 Å². The molecule has 0 unspecified atom stereocenters. The van der Waals surface area contributed by atoms with Crippen LogP contribution in [0.15, 0.2) is 18.2 Å². The SMILES string of the molecule is O=[N+]([O-])c1ccc(O)c[c]1[Hg][OH]. The summed E-state index contributed by atoms with van der Waals surface area (Å²) < 4.78 is 9.23. The predicted molar refractivity (Wildman–Crippen MR) is 36.6 cm³/mol. The number of nitrogens with zero attached hydrogens (tertiary/aromatic N) is 1. The molecule has 0 saturated heterocycles. The summed E-state index contributed by atoms with van der Waals surface area (Å²) in [5, 5.41) is 19.3. The minimum absolute atomic E-state index is 0.0374. The zero-order chi connectivity index (χ0) is 9.14. The van der Waals surface area contributed by atoms with Crippen LogP contribution in [0.4, 0.5) is 5.69 Å².